The summed E-state index contributed by atoms with van der Waals surface area (Å²) in [6, 6.07) is 4.19. The summed E-state index contributed by atoms with van der Waals surface area (Å²) in [7, 11) is 0. The minimum absolute atomic E-state index is 0.513. The summed E-state index contributed by atoms with van der Waals surface area (Å²) in [4.78, 5) is 2.08. The average Bonchev–Trinajstić information content (AvgIpc) is 2.09. The zero-order chi connectivity index (χ0) is 10.1. The second-order valence-corrected chi connectivity index (χ2v) is 3.05. The summed E-state index contributed by atoms with van der Waals surface area (Å²) in [6.45, 7) is 7.99. The third kappa shape index (κ3) is 7.05. The fourth-order valence-electron chi connectivity index (χ4n) is 1.07. The minimum Gasteiger partial charge on any atom is -0.297 e. The number of nitriles is 2. The lowest BCUT2D eigenvalue weighted by atomic mass is 10.3. The van der Waals surface area contributed by atoms with Crippen LogP contribution in [-0.2, 0) is 0 Å². The van der Waals surface area contributed by atoms with Crippen LogP contribution in [0.3, 0.4) is 0 Å². The lowest BCUT2D eigenvalue weighted by Gasteiger charge is -2.19. The summed E-state index contributed by atoms with van der Waals surface area (Å²) in [5.41, 5.74) is 1.07. The lowest BCUT2D eigenvalue weighted by molar-refractivity contribution is 0.310. The van der Waals surface area contributed by atoms with Gasteiger partial charge in [0.25, 0.3) is 0 Å². The van der Waals surface area contributed by atoms with Crippen molar-refractivity contribution in [3.05, 3.63) is 12.2 Å². The predicted octanol–water partition coefficient (Wildman–Crippen LogP) is 1.69. The van der Waals surface area contributed by atoms with Crippen molar-refractivity contribution in [2.24, 2.45) is 0 Å². The predicted molar refractivity (Wildman–Crippen MR) is 51.7 cm³/mol. The highest BCUT2D eigenvalue weighted by atomic mass is 15.1. The largest absolute Gasteiger partial charge is 0.297 e. The van der Waals surface area contributed by atoms with Gasteiger partial charge in [-0.25, -0.2) is 0 Å². The molecule has 0 aliphatic heterocycles. The van der Waals surface area contributed by atoms with Gasteiger partial charge in [0, 0.05) is 32.5 Å². The maximum absolute atomic E-state index is 8.41. The van der Waals surface area contributed by atoms with Gasteiger partial charge < -0.3 is 0 Å². The summed E-state index contributed by atoms with van der Waals surface area (Å²) in [5.74, 6) is 0. The molecule has 0 N–H and O–H groups in total. The molecule has 0 rings (SSSR count). The fourth-order valence-corrected chi connectivity index (χ4v) is 1.07. The Kier molecular flexibility index (Phi) is 6.59. The molecule has 0 spiro atoms. The van der Waals surface area contributed by atoms with Crippen LogP contribution >= 0.6 is 0 Å². The Bertz CT molecular complexity index is 214. The SMILES string of the molecule is C=C(C)CN(CCC#N)CCC#N. The van der Waals surface area contributed by atoms with Gasteiger partial charge in [0.05, 0.1) is 12.1 Å². The van der Waals surface area contributed by atoms with Gasteiger partial charge in [0.2, 0.25) is 0 Å². The third-order valence-electron chi connectivity index (χ3n) is 1.57. The van der Waals surface area contributed by atoms with Crippen LogP contribution in [0.25, 0.3) is 0 Å². The van der Waals surface area contributed by atoms with Crippen molar-refractivity contribution in [1.29, 1.82) is 10.5 Å². The van der Waals surface area contributed by atoms with Gasteiger partial charge in [-0.15, -0.1) is 0 Å². The van der Waals surface area contributed by atoms with Crippen molar-refractivity contribution in [2.45, 2.75) is 19.8 Å². The van der Waals surface area contributed by atoms with Gasteiger partial charge in [-0.3, -0.25) is 4.90 Å². The smallest absolute Gasteiger partial charge is 0.0635 e. The highest BCUT2D eigenvalue weighted by molar-refractivity contribution is 4.93. The van der Waals surface area contributed by atoms with E-state index in [4.69, 9.17) is 10.5 Å². The molecule has 0 radical (unpaired) electrons. The van der Waals surface area contributed by atoms with E-state index in [0.717, 1.165) is 25.2 Å². The van der Waals surface area contributed by atoms with Gasteiger partial charge in [-0.1, -0.05) is 12.2 Å². The topological polar surface area (TPSA) is 50.8 Å². The second-order valence-electron chi connectivity index (χ2n) is 3.05. The van der Waals surface area contributed by atoms with Crippen molar-refractivity contribution in [2.75, 3.05) is 19.6 Å². The van der Waals surface area contributed by atoms with Crippen LogP contribution < -0.4 is 0 Å². The normalized spacial score (nSPS) is 9.23. The van der Waals surface area contributed by atoms with E-state index in [9.17, 15) is 0 Å². The first-order chi connectivity index (χ1) is 6.20. The van der Waals surface area contributed by atoms with Crippen molar-refractivity contribution < 1.29 is 0 Å². The molecular formula is C10H15N3. The number of hydrogen-bond donors (Lipinski definition) is 0. The quantitative estimate of drug-likeness (QED) is 0.580. The summed E-state index contributed by atoms with van der Waals surface area (Å²) in [6.07, 6.45) is 1.03. The van der Waals surface area contributed by atoms with E-state index in [0.29, 0.717) is 12.8 Å². The van der Waals surface area contributed by atoms with Crippen LogP contribution in [0.2, 0.25) is 0 Å². The standard InChI is InChI=1S/C10H15N3/c1-10(2)9-13(7-3-5-11)8-4-6-12/h1,3-4,7-9H2,2H3. The van der Waals surface area contributed by atoms with Gasteiger partial charge in [-0.2, -0.15) is 10.5 Å². The molecule has 13 heavy (non-hydrogen) atoms. The summed E-state index contributed by atoms with van der Waals surface area (Å²) < 4.78 is 0. The number of nitrogens with zero attached hydrogens (tertiary/aromatic N) is 3. The van der Waals surface area contributed by atoms with Crippen LogP contribution in [0.15, 0.2) is 12.2 Å². The van der Waals surface area contributed by atoms with Crippen LogP contribution in [0.1, 0.15) is 19.8 Å². The van der Waals surface area contributed by atoms with Crippen LogP contribution in [0.4, 0.5) is 0 Å². The molecule has 0 aliphatic carbocycles. The van der Waals surface area contributed by atoms with E-state index in [2.05, 4.69) is 23.6 Å². The monoisotopic (exact) mass is 177 g/mol. The minimum atomic E-state index is 0.513. The Hall–Kier alpha value is -1.32. The fraction of sp³-hybridized carbons (Fsp3) is 0.600. The van der Waals surface area contributed by atoms with Crippen LogP contribution in [0.5, 0.6) is 0 Å². The molecule has 0 aromatic carbocycles. The summed E-state index contributed by atoms with van der Waals surface area (Å²) >= 11 is 0. The zero-order valence-electron chi connectivity index (χ0n) is 8.08. The van der Waals surface area contributed by atoms with Crippen molar-refractivity contribution >= 4 is 0 Å². The van der Waals surface area contributed by atoms with Crippen LogP contribution in [0, 0.1) is 22.7 Å². The van der Waals surface area contributed by atoms with Gasteiger partial charge in [0.1, 0.15) is 0 Å². The highest BCUT2D eigenvalue weighted by Gasteiger charge is 2.03. The molecule has 0 aromatic rings. The Morgan fingerprint density at radius 2 is 1.69 bits per heavy atom. The second kappa shape index (κ2) is 7.34. The molecule has 0 aliphatic rings. The van der Waals surface area contributed by atoms with Gasteiger partial charge in [0.15, 0.2) is 0 Å². The first-order valence-corrected chi connectivity index (χ1v) is 4.31. The van der Waals surface area contributed by atoms with E-state index >= 15 is 0 Å². The van der Waals surface area contributed by atoms with E-state index in [1.165, 1.54) is 0 Å². The molecule has 0 amide bonds. The maximum Gasteiger partial charge on any atom is 0.0635 e. The molecule has 0 atom stereocenters. The Morgan fingerprint density at radius 1 is 1.23 bits per heavy atom. The summed E-state index contributed by atoms with van der Waals surface area (Å²) in [5, 5.41) is 16.8. The third-order valence-corrected chi connectivity index (χ3v) is 1.57. The molecule has 0 saturated carbocycles. The first-order valence-electron chi connectivity index (χ1n) is 4.31. The van der Waals surface area contributed by atoms with Crippen molar-refractivity contribution in [3.63, 3.8) is 0 Å². The molecule has 0 aromatic heterocycles. The Morgan fingerprint density at radius 3 is 2.00 bits per heavy atom. The lowest BCUT2D eigenvalue weighted by Crippen LogP contribution is -2.27. The molecule has 0 fully saturated rings. The molecule has 0 saturated heterocycles. The molecule has 70 valence electrons. The maximum atomic E-state index is 8.41. The Labute approximate surface area is 79.9 Å². The molecule has 0 bridgehead atoms. The average molecular weight is 177 g/mol. The van der Waals surface area contributed by atoms with E-state index in [-0.39, 0.29) is 0 Å². The zero-order valence-corrected chi connectivity index (χ0v) is 8.08. The molecular weight excluding hydrogens is 162 g/mol. The van der Waals surface area contributed by atoms with E-state index < -0.39 is 0 Å². The van der Waals surface area contributed by atoms with Crippen molar-refractivity contribution in [1.82, 2.24) is 4.90 Å². The molecule has 0 heterocycles. The van der Waals surface area contributed by atoms with E-state index in [1.807, 2.05) is 6.92 Å². The van der Waals surface area contributed by atoms with Crippen molar-refractivity contribution in [3.8, 4) is 12.1 Å². The molecule has 3 heteroatoms. The highest BCUT2D eigenvalue weighted by Crippen LogP contribution is 1.98. The molecule has 0 unspecified atom stereocenters. The van der Waals surface area contributed by atoms with Crippen LogP contribution in [-0.4, -0.2) is 24.5 Å². The van der Waals surface area contributed by atoms with Gasteiger partial charge >= 0.3 is 0 Å². The van der Waals surface area contributed by atoms with E-state index in [1.54, 1.807) is 0 Å². The molecule has 3 nitrogen and oxygen atoms in total. The number of hydrogen-bond acceptors (Lipinski definition) is 3. The van der Waals surface area contributed by atoms with Gasteiger partial charge in [-0.05, 0) is 6.92 Å². The number of rotatable bonds is 6. The Balaban J connectivity index is 3.82. The first kappa shape index (κ1) is 11.7.